The highest BCUT2D eigenvalue weighted by Gasteiger charge is 2.36. The number of hydrogen-bond acceptors (Lipinski definition) is 3. The molecule has 0 spiro atoms. The standard InChI is InChI=1S/C14H28N2O2S/c1-3-15-12(2)13-8-10-16(11-9-13)19(17,18)14-6-4-5-7-14/h12-15H,3-11H2,1-2H3. The van der Waals surface area contributed by atoms with Crippen LogP contribution in [0, 0.1) is 5.92 Å². The molecule has 0 radical (unpaired) electrons. The lowest BCUT2D eigenvalue weighted by molar-refractivity contribution is 0.231. The Morgan fingerprint density at radius 1 is 1.16 bits per heavy atom. The minimum Gasteiger partial charge on any atom is -0.314 e. The number of rotatable bonds is 5. The second kappa shape index (κ2) is 6.55. The lowest BCUT2D eigenvalue weighted by Crippen LogP contribution is -2.46. The van der Waals surface area contributed by atoms with Crippen molar-refractivity contribution >= 4 is 10.0 Å². The highest BCUT2D eigenvalue weighted by atomic mass is 32.2. The monoisotopic (exact) mass is 288 g/mol. The Labute approximate surface area is 118 Å². The normalized spacial score (nSPS) is 25.8. The summed E-state index contributed by atoms with van der Waals surface area (Å²) in [7, 11) is -3.01. The first kappa shape index (κ1) is 15.3. The maximum absolute atomic E-state index is 12.5. The molecule has 1 saturated carbocycles. The second-order valence-electron chi connectivity index (χ2n) is 6.03. The Morgan fingerprint density at radius 2 is 1.74 bits per heavy atom. The molecule has 0 aromatic rings. The second-order valence-corrected chi connectivity index (χ2v) is 8.25. The van der Waals surface area contributed by atoms with Gasteiger partial charge in [-0.15, -0.1) is 0 Å². The van der Waals surface area contributed by atoms with Crippen molar-refractivity contribution in [2.24, 2.45) is 5.92 Å². The predicted molar refractivity (Wildman–Crippen MR) is 78.6 cm³/mol. The van der Waals surface area contributed by atoms with Crippen LogP contribution in [0.25, 0.3) is 0 Å². The van der Waals surface area contributed by atoms with Crippen LogP contribution in [-0.2, 0) is 10.0 Å². The highest BCUT2D eigenvalue weighted by molar-refractivity contribution is 7.89. The minimum atomic E-state index is -3.01. The van der Waals surface area contributed by atoms with Crippen molar-refractivity contribution < 1.29 is 8.42 Å². The Morgan fingerprint density at radius 3 is 2.26 bits per heavy atom. The van der Waals surface area contributed by atoms with E-state index in [2.05, 4.69) is 19.2 Å². The molecule has 5 heteroatoms. The third-order valence-electron chi connectivity index (χ3n) is 4.82. The van der Waals surface area contributed by atoms with Crippen molar-refractivity contribution in [3.63, 3.8) is 0 Å². The summed E-state index contributed by atoms with van der Waals surface area (Å²) in [5.74, 6) is 0.620. The van der Waals surface area contributed by atoms with Gasteiger partial charge in [0.15, 0.2) is 0 Å². The Balaban J connectivity index is 1.88. The van der Waals surface area contributed by atoms with Crippen LogP contribution >= 0.6 is 0 Å². The van der Waals surface area contributed by atoms with Gasteiger partial charge in [-0.2, -0.15) is 0 Å². The molecule has 19 heavy (non-hydrogen) atoms. The van der Waals surface area contributed by atoms with Gasteiger partial charge in [0.25, 0.3) is 0 Å². The number of nitrogens with zero attached hydrogens (tertiary/aromatic N) is 1. The Bertz CT molecular complexity index is 369. The molecule has 2 rings (SSSR count). The largest absolute Gasteiger partial charge is 0.314 e. The molecule has 0 amide bonds. The number of nitrogens with one attached hydrogen (secondary N) is 1. The van der Waals surface area contributed by atoms with Crippen molar-refractivity contribution in [3.05, 3.63) is 0 Å². The maximum atomic E-state index is 12.5. The molecule has 1 heterocycles. The van der Waals surface area contributed by atoms with Gasteiger partial charge in [0.2, 0.25) is 10.0 Å². The van der Waals surface area contributed by atoms with E-state index >= 15 is 0 Å². The fourth-order valence-corrected chi connectivity index (χ4v) is 5.59. The molecular weight excluding hydrogens is 260 g/mol. The lowest BCUT2D eigenvalue weighted by Gasteiger charge is -2.35. The predicted octanol–water partition coefficient (Wildman–Crippen LogP) is 1.97. The van der Waals surface area contributed by atoms with Gasteiger partial charge in [-0.25, -0.2) is 12.7 Å². The molecule has 1 aliphatic carbocycles. The van der Waals surface area contributed by atoms with Gasteiger partial charge < -0.3 is 5.32 Å². The van der Waals surface area contributed by atoms with Crippen molar-refractivity contribution in [1.29, 1.82) is 0 Å². The number of sulfonamides is 1. The lowest BCUT2D eigenvalue weighted by atomic mass is 9.91. The average Bonchev–Trinajstić information content (AvgIpc) is 2.94. The summed E-state index contributed by atoms with van der Waals surface area (Å²) in [5.41, 5.74) is 0. The molecule has 1 atom stereocenters. The van der Waals surface area contributed by atoms with Crippen LogP contribution in [-0.4, -0.2) is 43.6 Å². The van der Waals surface area contributed by atoms with E-state index in [1.54, 1.807) is 4.31 Å². The molecule has 2 aliphatic rings. The fourth-order valence-electron chi connectivity index (χ4n) is 3.52. The average molecular weight is 288 g/mol. The third kappa shape index (κ3) is 3.50. The van der Waals surface area contributed by atoms with Gasteiger partial charge in [-0.1, -0.05) is 19.8 Å². The smallest absolute Gasteiger partial charge is 0.216 e. The Hall–Kier alpha value is -0.130. The van der Waals surface area contributed by atoms with Gasteiger partial charge in [-0.05, 0) is 45.1 Å². The third-order valence-corrected chi connectivity index (χ3v) is 7.21. The molecule has 2 fully saturated rings. The van der Waals surface area contributed by atoms with Crippen LogP contribution in [0.3, 0.4) is 0 Å². The maximum Gasteiger partial charge on any atom is 0.216 e. The van der Waals surface area contributed by atoms with Crippen molar-refractivity contribution in [2.75, 3.05) is 19.6 Å². The molecule has 112 valence electrons. The summed E-state index contributed by atoms with van der Waals surface area (Å²) in [5, 5.41) is 3.37. The summed E-state index contributed by atoms with van der Waals surface area (Å²) in [4.78, 5) is 0. The van der Waals surface area contributed by atoms with E-state index in [0.29, 0.717) is 12.0 Å². The summed E-state index contributed by atoms with van der Waals surface area (Å²) < 4.78 is 26.8. The van der Waals surface area contributed by atoms with Gasteiger partial charge in [0, 0.05) is 19.1 Å². The van der Waals surface area contributed by atoms with E-state index < -0.39 is 10.0 Å². The molecule has 0 aromatic heterocycles. The van der Waals surface area contributed by atoms with Crippen molar-refractivity contribution in [2.45, 2.75) is 63.7 Å². The van der Waals surface area contributed by atoms with E-state index in [-0.39, 0.29) is 5.25 Å². The van der Waals surface area contributed by atoms with E-state index in [9.17, 15) is 8.42 Å². The van der Waals surface area contributed by atoms with Crippen LogP contribution in [0.15, 0.2) is 0 Å². The molecule has 1 aliphatic heterocycles. The molecule has 1 N–H and O–H groups in total. The number of hydrogen-bond donors (Lipinski definition) is 1. The Kier molecular flexibility index (Phi) is 5.26. The SMILES string of the molecule is CCNC(C)C1CCN(S(=O)(=O)C2CCCC2)CC1. The molecular formula is C14H28N2O2S. The summed E-state index contributed by atoms with van der Waals surface area (Å²) in [6.45, 7) is 6.77. The van der Waals surface area contributed by atoms with E-state index in [1.165, 1.54) is 0 Å². The van der Waals surface area contributed by atoms with Crippen LogP contribution in [0.1, 0.15) is 52.4 Å². The van der Waals surface area contributed by atoms with E-state index in [0.717, 1.165) is 58.2 Å². The van der Waals surface area contributed by atoms with Crippen LogP contribution in [0.4, 0.5) is 0 Å². The quantitative estimate of drug-likeness (QED) is 0.841. The van der Waals surface area contributed by atoms with Crippen LogP contribution < -0.4 is 5.32 Å². The summed E-state index contributed by atoms with van der Waals surface area (Å²) in [6, 6.07) is 0.501. The van der Waals surface area contributed by atoms with Crippen molar-refractivity contribution in [3.8, 4) is 0 Å². The highest BCUT2D eigenvalue weighted by Crippen LogP contribution is 2.30. The molecule has 1 saturated heterocycles. The minimum absolute atomic E-state index is 0.0877. The molecule has 1 unspecified atom stereocenters. The van der Waals surface area contributed by atoms with E-state index in [4.69, 9.17) is 0 Å². The number of piperidine rings is 1. The van der Waals surface area contributed by atoms with Gasteiger partial charge >= 0.3 is 0 Å². The zero-order valence-corrected chi connectivity index (χ0v) is 13.1. The van der Waals surface area contributed by atoms with Crippen LogP contribution in [0.5, 0.6) is 0 Å². The van der Waals surface area contributed by atoms with Crippen LogP contribution in [0.2, 0.25) is 0 Å². The summed E-state index contributed by atoms with van der Waals surface area (Å²) >= 11 is 0. The first-order chi connectivity index (χ1) is 9.05. The molecule has 0 bridgehead atoms. The molecule has 0 aromatic carbocycles. The topological polar surface area (TPSA) is 49.4 Å². The first-order valence-corrected chi connectivity index (χ1v) is 9.28. The van der Waals surface area contributed by atoms with Crippen molar-refractivity contribution in [1.82, 2.24) is 9.62 Å². The van der Waals surface area contributed by atoms with Gasteiger partial charge in [0.05, 0.1) is 5.25 Å². The fraction of sp³-hybridized carbons (Fsp3) is 1.00. The van der Waals surface area contributed by atoms with Gasteiger partial charge in [-0.3, -0.25) is 0 Å². The zero-order chi connectivity index (χ0) is 13.9. The van der Waals surface area contributed by atoms with Gasteiger partial charge in [0.1, 0.15) is 0 Å². The first-order valence-electron chi connectivity index (χ1n) is 7.78. The zero-order valence-electron chi connectivity index (χ0n) is 12.3. The molecule has 4 nitrogen and oxygen atoms in total. The van der Waals surface area contributed by atoms with E-state index in [1.807, 2.05) is 0 Å². The summed E-state index contributed by atoms with van der Waals surface area (Å²) in [6.07, 6.45) is 5.90.